The summed E-state index contributed by atoms with van der Waals surface area (Å²) in [7, 11) is 0. The number of aromatic nitrogens is 7. The number of esters is 1. The number of nitrogens with two attached hydrogens (primary N) is 1. The van der Waals surface area contributed by atoms with Crippen LogP contribution >= 0.6 is 0 Å². The summed E-state index contributed by atoms with van der Waals surface area (Å²) in [4.78, 5) is 33.0. The minimum absolute atomic E-state index is 0.160. The molecule has 0 bridgehead atoms. The molecule has 212 valence electrons. The molecule has 3 N–H and O–H groups in total. The third-order valence-electron chi connectivity index (χ3n) is 6.95. The SMILES string of the molecule is CCOC(=O)C(C)(C)COc1ccc(-c2nc3ccc(C(C)(C)Cc4cnc(N)nc4)cc3[nH]2)c(-n2cncn2)c1. The molecule has 0 saturated carbocycles. The number of nitrogen functional groups attached to an aromatic ring is 1. The lowest BCUT2D eigenvalue weighted by molar-refractivity contribution is -0.155. The number of fused-ring (bicyclic) bond motifs is 1. The number of hydrogen-bond acceptors (Lipinski definition) is 9. The fourth-order valence-corrected chi connectivity index (χ4v) is 4.60. The molecular weight excluding hydrogens is 520 g/mol. The topological polar surface area (TPSA) is 147 Å². The average molecular weight is 555 g/mol. The first-order chi connectivity index (χ1) is 19.6. The van der Waals surface area contributed by atoms with Gasteiger partial charge >= 0.3 is 5.97 Å². The molecule has 3 heterocycles. The van der Waals surface area contributed by atoms with E-state index >= 15 is 0 Å². The molecule has 0 aliphatic rings. The molecule has 0 aliphatic carbocycles. The summed E-state index contributed by atoms with van der Waals surface area (Å²) in [6.07, 6.45) is 7.39. The molecule has 0 spiro atoms. The highest BCUT2D eigenvalue weighted by molar-refractivity contribution is 5.82. The molecule has 3 aromatic heterocycles. The van der Waals surface area contributed by atoms with E-state index in [1.165, 1.54) is 6.33 Å². The first-order valence-corrected chi connectivity index (χ1v) is 13.4. The number of nitrogens with one attached hydrogen (secondary N) is 1. The van der Waals surface area contributed by atoms with Crippen molar-refractivity contribution < 1.29 is 14.3 Å². The van der Waals surface area contributed by atoms with E-state index in [-0.39, 0.29) is 23.9 Å². The lowest BCUT2D eigenvalue weighted by atomic mass is 9.79. The van der Waals surface area contributed by atoms with Crippen molar-refractivity contribution >= 4 is 23.0 Å². The minimum Gasteiger partial charge on any atom is -0.492 e. The minimum atomic E-state index is -0.798. The van der Waals surface area contributed by atoms with Gasteiger partial charge in [0.05, 0.1) is 28.7 Å². The highest BCUT2D eigenvalue weighted by atomic mass is 16.5. The Kier molecular flexibility index (Phi) is 7.44. The van der Waals surface area contributed by atoms with Crippen molar-refractivity contribution in [2.75, 3.05) is 18.9 Å². The number of nitrogens with zero attached hydrogens (tertiary/aromatic N) is 6. The Morgan fingerprint density at radius 1 is 1.07 bits per heavy atom. The quantitative estimate of drug-likeness (QED) is 0.235. The van der Waals surface area contributed by atoms with Gasteiger partial charge in [0.1, 0.15) is 30.8 Å². The molecule has 0 atom stereocenters. The number of carbonyl (C=O) groups is 1. The predicted octanol–water partition coefficient (Wildman–Crippen LogP) is 4.67. The van der Waals surface area contributed by atoms with Crippen LogP contribution in [0.2, 0.25) is 0 Å². The molecule has 5 rings (SSSR count). The number of anilines is 1. The first kappa shape index (κ1) is 27.8. The average Bonchev–Trinajstić information content (AvgIpc) is 3.63. The first-order valence-electron chi connectivity index (χ1n) is 13.4. The van der Waals surface area contributed by atoms with E-state index in [1.807, 2.05) is 24.3 Å². The number of imidazole rings is 1. The molecular formula is C30H34N8O3. The van der Waals surface area contributed by atoms with Crippen molar-refractivity contribution in [1.82, 2.24) is 34.7 Å². The lowest BCUT2D eigenvalue weighted by Gasteiger charge is -2.25. The highest BCUT2D eigenvalue weighted by Gasteiger charge is 2.30. The molecule has 5 aromatic rings. The van der Waals surface area contributed by atoms with Gasteiger partial charge in [-0.25, -0.2) is 24.6 Å². The molecule has 41 heavy (non-hydrogen) atoms. The van der Waals surface area contributed by atoms with Crippen molar-refractivity contribution in [3.05, 3.63) is 72.6 Å². The zero-order chi connectivity index (χ0) is 29.2. The number of hydrogen-bond donors (Lipinski definition) is 2. The summed E-state index contributed by atoms with van der Waals surface area (Å²) < 4.78 is 12.9. The molecule has 0 amide bonds. The number of carbonyl (C=O) groups excluding carboxylic acids is 1. The molecule has 2 aromatic carbocycles. The van der Waals surface area contributed by atoms with E-state index in [1.54, 1.807) is 44.2 Å². The molecule has 11 heteroatoms. The molecule has 0 fully saturated rings. The van der Waals surface area contributed by atoms with Gasteiger partial charge in [0.2, 0.25) is 5.95 Å². The maximum Gasteiger partial charge on any atom is 0.314 e. The number of H-pyrrole nitrogens is 1. The summed E-state index contributed by atoms with van der Waals surface area (Å²) >= 11 is 0. The Morgan fingerprint density at radius 3 is 2.56 bits per heavy atom. The molecule has 11 nitrogen and oxygen atoms in total. The van der Waals surface area contributed by atoms with Crippen LogP contribution in [0.15, 0.2) is 61.4 Å². The Morgan fingerprint density at radius 2 is 1.85 bits per heavy atom. The maximum absolute atomic E-state index is 12.3. The molecule has 0 unspecified atom stereocenters. The Hall–Kier alpha value is -4.80. The van der Waals surface area contributed by atoms with Gasteiger partial charge < -0.3 is 20.2 Å². The summed E-state index contributed by atoms with van der Waals surface area (Å²) in [5, 5.41) is 4.34. The largest absolute Gasteiger partial charge is 0.492 e. The van der Waals surface area contributed by atoms with Crippen LogP contribution in [0.25, 0.3) is 28.1 Å². The van der Waals surface area contributed by atoms with Gasteiger partial charge in [0, 0.05) is 24.0 Å². The van der Waals surface area contributed by atoms with Crippen molar-refractivity contribution in [3.63, 3.8) is 0 Å². The zero-order valence-corrected chi connectivity index (χ0v) is 23.9. The fraction of sp³-hybridized carbons (Fsp3) is 0.333. The normalized spacial score (nSPS) is 12.0. The zero-order valence-electron chi connectivity index (χ0n) is 23.9. The number of aromatic amines is 1. The van der Waals surface area contributed by atoms with E-state index in [0.717, 1.165) is 39.8 Å². The Bertz CT molecular complexity index is 1660. The predicted molar refractivity (Wildman–Crippen MR) is 156 cm³/mol. The monoisotopic (exact) mass is 554 g/mol. The van der Waals surface area contributed by atoms with Crippen molar-refractivity contribution in [3.8, 4) is 22.8 Å². The lowest BCUT2D eigenvalue weighted by Crippen LogP contribution is -2.32. The standard InChI is InChI=1S/C30H34N8O3/c1-6-40-27(39)30(4,5)16-41-21-8-9-22(25(12-21)38-18-32-17-35-38)26-36-23-10-7-20(11-24(23)37-26)29(2,3)13-19-14-33-28(31)34-15-19/h7-12,14-15,17-18H,6,13,16H2,1-5H3,(H,36,37)(H2,31,33,34). The summed E-state index contributed by atoms with van der Waals surface area (Å²) in [6.45, 7) is 10.2. The molecule has 0 radical (unpaired) electrons. The van der Waals surface area contributed by atoms with E-state index in [4.69, 9.17) is 20.2 Å². The van der Waals surface area contributed by atoms with Crippen molar-refractivity contribution in [1.29, 1.82) is 0 Å². The van der Waals surface area contributed by atoms with Crippen LogP contribution in [0.1, 0.15) is 45.7 Å². The molecule has 0 saturated heterocycles. The van der Waals surface area contributed by atoms with Crippen LogP contribution in [-0.4, -0.2) is 53.9 Å². The van der Waals surface area contributed by atoms with Crippen LogP contribution in [0.5, 0.6) is 5.75 Å². The van der Waals surface area contributed by atoms with Gasteiger partial charge in [0.25, 0.3) is 0 Å². The van der Waals surface area contributed by atoms with Gasteiger partial charge in [-0.05, 0) is 68.0 Å². The molecule has 0 aliphatic heterocycles. The second kappa shape index (κ2) is 11.0. The highest BCUT2D eigenvalue weighted by Crippen LogP contribution is 2.33. The third kappa shape index (κ3) is 6.03. The van der Waals surface area contributed by atoms with E-state index < -0.39 is 5.41 Å². The van der Waals surface area contributed by atoms with Crippen LogP contribution in [-0.2, 0) is 21.4 Å². The fourth-order valence-electron chi connectivity index (χ4n) is 4.60. The summed E-state index contributed by atoms with van der Waals surface area (Å²) in [6, 6.07) is 11.9. The number of benzene rings is 2. The smallest absolute Gasteiger partial charge is 0.314 e. The van der Waals surface area contributed by atoms with Crippen molar-refractivity contribution in [2.24, 2.45) is 5.41 Å². The van der Waals surface area contributed by atoms with E-state index in [9.17, 15) is 4.79 Å². The van der Waals surface area contributed by atoms with Gasteiger partial charge in [-0.3, -0.25) is 4.79 Å². The maximum atomic E-state index is 12.3. The second-order valence-electron chi connectivity index (χ2n) is 11.2. The Balaban J connectivity index is 1.44. The van der Waals surface area contributed by atoms with E-state index in [2.05, 4.69) is 51.0 Å². The van der Waals surface area contributed by atoms with Gasteiger partial charge in [-0.15, -0.1) is 0 Å². The van der Waals surface area contributed by atoms with Crippen LogP contribution in [0.3, 0.4) is 0 Å². The van der Waals surface area contributed by atoms with Crippen LogP contribution in [0.4, 0.5) is 5.95 Å². The number of ether oxygens (including phenoxy) is 2. The van der Waals surface area contributed by atoms with Gasteiger partial charge in [0.15, 0.2) is 0 Å². The van der Waals surface area contributed by atoms with Crippen LogP contribution in [0, 0.1) is 5.41 Å². The summed E-state index contributed by atoms with van der Waals surface area (Å²) in [5.74, 6) is 1.23. The number of rotatable bonds is 10. The summed E-state index contributed by atoms with van der Waals surface area (Å²) in [5.41, 5.74) is 10.2. The van der Waals surface area contributed by atoms with Gasteiger partial charge in [-0.1, -0.05) is 19.9 Å². The van der Waals surface area contributed by atoms with Crippen LogP contribution < -0.4 is 10.5 Å². The van der Waals surface area contributed by atoms with E-state index in [0.29, 0.717) is 18.2 Å². The van der Waals surface area contributed by atoms with Gasteiger partial charge in [-0.2, -0.15) is 5.10 Å². The Labute approximate surface area is 238 Å². The second-order valence-corrected chi connectivity index (χ2v) is 11.2. The third-order valence-corrected chi connectivity index (χ3v) is 6.95. The van der Waals surface area contributed by atoms with Crippen molar-refractivity contribution in [2.45, 2.75) is 46.5 Å².